The van der Waals surface area contributed by atoms with Gasteiger partial charge in [-0.15, -0.1) is 0 Å². The van der Waals surface area contributed by atoms with Crippen molar-refractivity contribution in [1.82, 2.24) is 4.98 Å². The lowest BCUT2D eigenvalue weighted by atomic mass is 10.2. The number of aryl methyl sites for hydroxylation is 1. The van der Waals surface area contributed by atoms with E-state index in [-0.39, 0.29) is 6.54 Å². The average Bonchev–Trinajstić information content (AvgIpc) is 2.68. The monoisotopic (exact) mass is 248 g/mol. The van der Waals surface area contributed by atoms with Gasteiger partial charge in [-0.2, -0.15) is 0 Å². The number of hydrogen-bond acceptors (Lipinski definition) is 3. The van der Waals surface area contributed by atoms with Crippen LogP contribution >= 0.6 is 11.6 Å². The standard InChI is InChI=1S/C11H9ClN4O/c1-7-10(6-14-16-13)15-11(17-7)8-3-2-4-9(12)5-8/h2-5H,6H2,1H3. The summed E-state index contributed by atoms with van der Waals surface area (Å²) in [5.74, 6) is 1.13. The van der Waals surface area contributed by atoms with Crippen LogP contribution in [0.25, 0.3) is 21.9 Å². The molecule has 86 valence electrons. The van der Waals surface area contributed by atoms with Gasteiger partial charge in [-0.1, -0.05) is 22.8 Å². The molecule has 0 saturated heterocycles. The molecule has 1 aromatic carbocycles. The molecule has 0 radical (unpaired) electrons. The second-order valence-electron chi connectivity index (χ2n) is 3.42. The summed E-state index contributed by atoms with van der Waals surface area (Å²) in [6, 6.07) is 7.23. The van der Waals surface area contributed by atoms with E-state index in [1.54, 1.807) is 19.1 Å². The summed E-state index contributed by atoms with van der Waals surface area (Å²) in [7, 11) is 0. The third kappa shape index (κ3) is 2.58. The smallest absolute Gasteiger partial charge is 0.226 e. The van der Waals surface area contributed by atoms with E-state index in [0.717, 1.165) is 5.56 Å². The zero-order chi connectivity index (χ0) is 12.3. The minimum absolute atomic E-state index is 0.187. The average molecular weight is 249 g/mol. The lowest BCUT2D eigenvalue weighted by Gasteiger charge is -1.94. The summed E-state index contributed by atoms with van der Waals surface area (Å²) in [6.07, 6.45) is 0. The van der Waals surface area contributed by atoms with Crippen molar-refractivity contribution in [2.75, 3.05) is 0 Å². The van der Waals surface area contributed by atoms with Crippen LogP contribution in [0.15, 0.2) is 33.8 Å². The highest BCUT2D eigenvalue weighted by atomic mass is 35.5. The molecule has 0 unspecified atom stereocenters. The number of halogens is 1. The fraction of sp³-hybridized carbons (Fsp3) is 0.182. The van der Waals surface area contributed by atoms with Gasteiger partial charge in [-0.25, -0.2) is 4.98 Å². The second kappa shape index (κ2) is 4.91. The number of hydrogen-bond donors (Lipinski definition) is 0. The van der Waals surface area contributed by atoms with Crippen LogP contribution in [0.5, 0.6) is 0 Å². The molecule has 1 heterocycles. The lowest BCUT2D eigenvalue weighted by molar-refractivity contribution is 0.539. The van der Waals surface area contributed by atoms with Crippen LogP contribution in [0, 0.1) is 6.92 Å². The Bertz CT molecular complexity index is 587. The Morgan fingerprint density at radius 3 is 3.06 bits per heavy atom. The highest BCUT2D eigenvalue weighted by molar-refractivity contribution is 6.30. The van der Waals surface area contributed by atoms with E-state index in [0.29, 0.717) is 22.4 Å². The maximum absolute atomic E-state index is 8.26. The van der Waals surface area contributed by atoms with Gasteiger partial charge in [-0.3, -0.25) is 0 Å². The van der Waals surface area contributed by atoms with Gasteiger partial charge in [0.1, 0.15) is 5.76 Å². The lowest BCUT2D eigenvalue weighted by Crippen LogP contribution is -1.83. The van der Waals surface area contributed by atoms with Crippen LogP contribution in [0.3, 0.4) is 0 Å². The van der Waals surface area contributed by atoms with E-state index in [2.05, 4.69) is 15.0 Å². The van der Waals surface area contributed by atoms with E-state index >= 15 is 0 Å². The molecule has 1 aromatic heterocycles. The van der Waals surface area contributed by atoms with Gasteiger partial charge in [0.15, 0.2) is 0 Å². The van der Waals surface area contributed by atoms with Crippen LogP contribution in [-0.4, -0.2) is 4.98 Å². The minimum Gasteiger partial charge on any atom is -0.441 e. The number of oxazole rings is 1. The Morgan fingerprint density at radius 1 is 1.53 bits per heavy atom. The molecule has 0 atom stereocenters. The van der Waals surface area contributed by atoms with Crippen molar-refractivity contribution >= 4 is 11.6 Å². The molecule has 5 nitrogen and oxygen atoms in total. The van der Waals surface area contributed by atoms with Crippen LogP contribution in [-0.2, 0) is 6.54 Å². The first-order chi connectivity index (χ1) is 8.20. The van der Waals surface area contributed by atoms with Crippen molar-refractivity contribution in [3.63, 3.8) is 0 Å². The summed E-state index contributed by atoms with van der Waals surface area (Å²) in [5.41, 5.74) is 9.70. The van der Waals surface area contributed by atoms with Crippen LogP contribution in [0.1, 0.15) is 11.5 Å². The molecular weight excluding hydrogens is 240 g/mol. The SMILES string of the molecule is Cc1oc(-c2cccc(Cl)c2)nc1CN=[N+]=[N-]. The number of aromatic nitrogens is 1. The van der Waals surface area contributed by atoms with Crippen LogP contribution in [0.2, 0.25) is 5.02 Å². The Morgan fingerprint density at radius 2 is 2.35 bits per heavy atom. The van der Waals surface area contributed by atoms with E-state index in [9.17, 15) is 0 Å². The van der Waals surface area contributed by atoms with Crippen molar-refractivity contribution in [2.24, 2.45) is 5.11 Å². The molecule has 0 bridgehead atoms. The van der Waals surface area contributed by atoms with Crippen molar-refractivity contribution in [3.05, 3.63) is 51.2 Å². The van der Waals surface area contributed by atoms with Gasteiger partial charge < -0.3 is 4.42 Å². The van der Waals surface area contributed by atoms with Crippen molar-refractivity contribution in [3.8, 4) is 11.5 Å². The maximum Gasteiger partial charge on any atom is 0.226 e. The zero-order valence-electron chi connectivity index (χ0n) is 9.09. The van der Waals surface area contributed by atoms with Gasteiger partial charge in [0.2, 0.25) is 5.89 Å². The molecule has 17 heavy (non-hydrogen) atoms. The first-order valence-electron chi connectivity index (χ1n) is 4.94. The maximum atomic E-state index is 8.26. The normalized spacial score (nSPS) is 10.0. The van der Waals surface area contributed by atoms with E-state index in [1.807, 2.05) is 12.1 Å². The third-order valence-electron chi connectivity index (χ3n) is 2.25. The molecule has 0 aliphatic carbocycles. The number of nitrogens with zero attached hydrogens (tertiary/aromatic N) is 4. The Kier molecular flexibility index (Phi) is 3.32. The highest BCUT2D eigenvalue weighted by Crippen LogP contribution is 2.24. The second-order valence-corrected chi connectivity index (χ2v) is 3.86. The summed E-state index contributed by atoms with van der Waals surface area (Å²) in [4.78, 5) is 6.96. The van der Waals surface area contributed by atoms with Crippen molar-refractivity contribution in [1.29, 1.82) is 0 Å². The van der Waals surface area contributed by atoms with Crippen LogP contribution < -0.4 is 0 Å². The molecule has 2 aromatic rings. The topological polar surface area (TPSA) is 74.8 Å². The summed E-state index contributed by atoms with van der Waals surface area (Å²) >= 11 is 5.89. The molecule has 0 aliphatic heterocycles. The van der Waals surface area contributed by atoms with E-state index < -0.39 is 0 Å². The van der Waals surface area contributed by atoms with Gasteiger partial charge >= 0.3 is 0 Å². The molecule has 0 spiro atoms. The summed E-state index contributed by atoms with van der Waals surface area (Å²) in [6.45, 7) is 1.97. The predicted octanol–water partition coefficient (Wildman–Crippen LogP) is 4.11. The number of benzene rings is 1. The fourth-order valence-electron chi connectivity index (χ4n) is 1.42. The quantitative estimate of drug-likeness (QED) is 0.466. The van der Waals surface area contributed by atoms with E-state index in [1.165, 1.54) is 0 Å². The summed E-state index contributed by atoms with van der Waals surface area (Å²) in [5, 5.41) is 4.08. The molecule has 0 aliphatic rings. The van der Waals surface area contributed by atoms with Gasteiger partial charge in [0.25, 0.3) is 0 Å². The highest BCUT2D eigenvalue weighted by Gasteiger charge is 2.10. The Balaban J connectivity index is 2.37. The van der Waals surface area contributed by atoms with Crippen molar-refractivity contribution in [2.45, 2.75) is 13.5 Å². The molecule has 0 amide bonds. The first-order valence-corrected chi connectivity index (χ1v) is 5.31. The Labute approximate surface area is 103 Å². The molecule has 6 heteroatoms. The van der Waals surface area contributed by atoms with Gasteiger partial charge in [-0.05, 0) is 30.7 Å². The third-order valence-corrected chi connectivity index (χ3v) is 2.48. The molecule has 0 fully saturated rings. The summed E-state index contributed by atoms with van der Waals surface area (Å²) < 4.78 is 5.50. The number of rotatable bonds is 3. The predicted molar refractivity (Wildman–Crippen MR) is 64.5 cm³/mol. The van der Waals surface area contributed by atoms with E-state index in [4.69, 9.17) is 21.5 Å². The fourth-order valence-corrected chi connectivity index (χ4v) is 1.61. The first kappa shape index (κ1) is 11.5. The largest absolute Gasteiger partial charge is 0.441 e. The van der Waals surface area contributed by atoms with Crippen molar-refractivity contribution < 1.29 is 4.42 Å². The van der Waals surface area contributed by atoms with Crippen LogP contribution in [0.4, 0.5) is 0 Å². The zero-order valence-corrected chi connectivity index (χ0v) is 9.85. The van der Waals surface area contributed by atoms with Gasteiger partial charge in [0.05, 0.1) is 12.2 Å². The van der Waals surface area contributed by atoms with Gasteiger partial charge in [0, 0.05) is 15.5 Å². The number of azide groups is 1. The molecular formula is C11H9ClN4O. The minimum atomic E-state index is 0.187. The molecule has 0 saturated carbocycles. The Hall–Kier alpha value is -1.97. The molecule has 2 rings (SSSR count). The molecule has 0 N–H and O–H groups in total.